The fourth-order valence-electron chi connectivity index (χ4n) is 2.40. The summed E-state index contributed by atoms with van der Waals surface area (Å²) in [4.78, 5) is 4.55. The molecule has 0 atom stereocenters. The largest absolute Gasteiger partial charge is 0.398 e. The Balaban J connectivity index is 2.03. The first kappa shape index (κ1) is 13.7. The summed E-state index contributed by atoms with van der Waals surface area (Å²) in [6.07, 6.45) is 0.351. The Hall–Kier alpha value is -1.77. The van der Waals surface area contributed by atoms with Gasteiger partial charge < -0.3 is 15.7 Å². The van der Waals surface area contributed by atoms with Crippen LogP contribution in [-0.4, -0.2) is 49.3 Å². The van der Waals surface area contributed by atoms with Crippen molar-refractivity contribution in [3.63, 3.8) is 0 Å². The van der Waals surface area contributed by atoms with E-state index in [1.807, 2.05) is 18.2 Å². The van der Waals surface area contributed by atoms with Crippen LogP contribution in [0.2, 0.25) is 0 Å². The number of β-amino-alcohol motifs (C(OH)–C–C–N with tert-alkyl or cyclic N) is 1. The number of rotatable bonds is 4. The summed E-state index contributed by atoms with van der Waals surface area (Å²) in [6, 6.07) is 8.05. The molecule has 3 N–H and O–H groups in total. The van der Waals surface area contributed by atoms with Crippen LogP contribution in [0, 0.1) is 11.3 Å². The first-order valence-electron chi connectivity index (χ1n) is 6.58. The third kappa shape index (κ3) is 3.37. The summed E-state index contributed by atoms with van der Waals surface area (Å²) >= 11 is 0. The molecule has 1 aromatic rings. The van der Waals surface area contributed by atoms with Gasteiger partial charge in [-0.1, -0.05) is 0 Å². The normalized spacial score (nSPS) is 16.3. The van der Waals surface area contributed by atoms with Gasteiger partial charge in [0.05, 0.1) is 19.1 Å². The molecule has 5 heteroatoms. The molecule has 102 valence electrons. The van der Waals surface area contributed by atoms with E-state index in [9.17, 15) is 0 Å². The van der Waals surface area contributed by atoms with Crippen LogP contribution >= 0.6 is 0 Å². The van der Waals surface area contributed by atoms with E-state index in [2.05, 4.69) is 15.9 Å². The molecule has 1 heterocycles. The molecule has 0 aliphatic carbocycles. The maximum absolute atomic E-state index is 8.93. The Morgan fingerprint density at radius 3 is 2.63 bits per heavy atom. The molecule has 1 aliphatic heterocycles. The highest BCUT2D eigenvalue weighted by Crippen LogP contribution is 2.22. The molecule has 19 heavy (non-hydrogen) atoms. The van der Waals surface area contributed by atoms with Gasteiger partial charge in [-0.15, -0.1) is 0 Å². The molecule has 1 saturated heterocycles. The van der Waals surface area contributed by atoms with Gasteiger partial charge in [0.2, 0.25) is 0 Å². The summed E-state index contributed by atoms with van der Waals surface area (Å²) in [5.41, 5.74) is 8.57. The standard InChI is InChI=1S/C14H20N4O/c15-4-3-12-11-13(1-2-14(12)16)18-7-5-17(6-8-18)9-10-19/h1-2,11,19H,3,5-10,16H2. The third-order valence-electron chi connectivity index (χ3n) is 3.55. The average Bonchev–Trinajstić information content (AvgIpc) is 2.43. The van der Waals surface area contributed by atoms with Gasteiger partial charge in [0.25, 0.3) is 0 Å². The van der Waals surface area contributed by atoms with E-state index in [4.69, 9.17) is 16.1 Å². The maximum atomic E-state index is 8.93. The molecule has 0 amide bonds. The Morgan fingerprint density at radius 2 is 2.00 bits per heavy atom. The lowest BCUT2D eigenvalue weighted by Crippen LogP contribution is -2.47. The summed E-state index contributed by atoms with van der Waals surface area (Å²) in [5, 5.41) is 17.7. The number of benzene rings is 1. The molecule has 0 bridgehead atoms. The topological polar surface area (TPSA) is 76.5 Å². The van der Waals surface area contributed by atoms with E-state index in [1.165, 1.54) is 0 Å². The SMILES string of the molecule is N#CCc1cc(N2CCN(CCO)CC2)ccc1N. The molecular weight excluding hydrogens is 240 g/mol. The van der Waals surface area contributed by atoms with Crippen molar-refractivity contribution in [1.82, 2.24) is 4.90 Å². The first-order chi connectivity index (χ1) is 9.24. The molecule has 0 unspecified atom stereocenters. The average molecular weight is 260 g/mol. The van der Waals surface area contributed by atoms with E-state index in [0.717, 1.165) is 44.0 Å². The number of nitriles is 1. The Morgan fingerprint density at radius 1 is 1.26 bits per heavy atom. The van der Waals surface area contributed by atoms with Crippen LogP contribution in [-0.2, 0) is 6.42 Å². The quantitative estimate of drug-likeness (QED) is 0.769. The molecule has 1 aliphatic rings. The van der Waals surface area contributed by atoms with E-state index in [0.29, 0.717) is 12.1 Å². The van der Waals surface area contributed by atoms with Crippen LogP contribution in [0.15, 0.2) is 18.2 Å². The molecule has 0 aromatic heterocycles. The van der Waals surface area contributed by atoms with Crippen molar-refractivity contribution in [2.75, 3.05) is 50.0 Å². The summed E-state index contributed by atoms with van der Waals surface area (Å²) in [7, 11) is 0. The smallest absolute Gasteiger partial charge is 0.0670 e. The number of anilines is 2. The Kier molecular flexibility index (Phi) is 4.61. The zero-order valence-corrected chi connectivity index (χ0v) is 11.0. The van der Waals surface area contributed by atoms with Crippen molar-refractivity contribution in [3.05, 3.63) is 23.8 Å². The zero-order chi connectivity index (χ0) is 13.7. The van der Waals surface area contributed by atoms with Crippen molar-refractivity contribution in [3.8, 4) is 6.07 Å². The minimum absolute atomic E-state index is 0.216. The second-order valence-electron chi connectivity index (χ2n) is 4.77. The number of piperazine rings is 1. The lowest BCUT2D eigenvalue weighted by atomic mass is 10.1. The predicted molar refractivity (Wildman–Crippen MR) is 75.9 cm³/mol. The zero-order valence-electron chi connectivity index (χ0n) is 11.0. The van der Waals surface area contributed by atoms with Gasteiger partial charge in [-0.3, -0.25) is 4.90 Å². The number of nitrogen functional groups attached to an aromatic ring is 1. The van der Waals surface area contributed by atoms with Crippen LogP contribution < -0.4 is 10.6 Å². The number of hydrogen-bond acceptors (Lipinski definition) is 5. The fraction of sp³-hybridized carbons (Fsp3) is 0.500. The molecular formula is C14H20N4O. The number of aliphatic hydroxyl groups is 1. The van der Waals surface area contributed by atoms with Gasteiger partial charge in [-0.05, 0) is 23.8 Å². The van der Waals surface area contributed by atoms with E-state index in [-0.39, 0.29) is 6.61 Å². The Bertz CT molecular complexity index is 461. The van der Waals surface area contributed by atoms with Crippen LogP contribution in [0.4, 0.5) is 11.4 Å². The molecule has 0 saturated carbocycles. The second kappa shape index (κ2) is 6.41. The lowest BCUT2D eigenvalue weighted by Gasteiger charge is -2.36. The van der Waals surface area contributed by atoms with Gasteiger partial charge in [0, 0.05) is 44.1 Å². The van der Waals surface area contributed by atoms with Gasteiger partial charge >= 0.3 is 0 Å². The van der Waals surface area contributed by atoms with E-state index in [1.54, 1.807) is 0 Å². The van der Waals surface area contributed by atoms with Crippen LogP contribution in [0.5, 0.6) is 0 Å². The van der Waals surface area contributed by atoms with Gasteiger partial charge in [0.1, 0.15) is 0 Å². The van der Waals surface area contributed by atoms with Gasteiger partial charge in [-0.25, -0.2) is 0 Å². The van der Waals surface area contributed by atoms with E-state index >= 15 is 0 Å². The van der Waals surface area contributed by atoms with Crippen molar-refractivity contribution in [2.45, 2.75) is 6.42 Å². The van der Waals surface area contributed by atoms with Crippen molar-refractivity contribution in [2.24, 2.45) is 0 Å². The van der Waals surface area contributed by atoms with Crippen LogP contribution in [0.1, 0.15) is 5.56 Å². The van der Waals surface area contributed by atoms with Crippen molar-refractivity contribution >= 4 is 11.4 Å². The van der Waals surface area contributed by atoms with Crippen molar-refractivity contribution < 1.29 is 5.11 Å². The minimum atomic E-state index is 0.216. The first-order valence-corrected chi connectivity index (χ1v) is 6.58. The van der Waals surface area contributed by atoms with Crippen molar-refractivity contribution in [1.29, 1.82) is 5.26 Å². The molecule has 0 radical (unpaired) electrons. The number of nitrogens with zero attached hydrogens (tertiary/aromatic N) is 3. The van der Waals surface area contributed by atoms with Crippen LogP contribution in [0.3, 0.4) is 0 Å². The highest BCUT2D eigenvalue weighted by molar-refractivity contribution is 5.59. The summed E-state index contributed by atoms with van der Waals surface area (Å²) in [5.74, 6) is 0. The molecule has 1 aromatic carbocycles. The molecule has 0 spiro atoms. The highest BCUT2D eigenvalue weighted by Gasteiger charge is 2.17. The number of hydrogen-bond donors (Lipinski definition) is 2. The summed E-state index contributed by atoms with van der Waals surface area (Å²) in [6.45, 7) is 4.76. The Labute approximate surface area is 113 Å². The predicted octanol–water partition coefficient (Wildman–Crippen LogP) is 0.449. The monoisotopic (exact) mass is 260 g/mol. The minimum Gasteiger partial charge on any atom is -0.398 e. The molecule has 1 fully saturated rings. The second-order valence-corrected chi connectivity index (χ2v) is 4.77. The van der Waals surface area contributed by atoms with Gasteiger partial charge in [0.15, 0.2) is 0 Å². The highest BCUT2D eigenvalue weighted by atomic mass is 16.3. The molecule has 5 nitrogen and oxygen atoms in total. The fourth-order valence-corrected chi connectivity index (χ4v) is 2.40. The summed E-state index contributed by atoms with van der Waals surface area (Å²) < 4.78 is 0. The lowest BCUT2D eigenvalue weighted by molar-refractivity contribution is 0.189. The molecule has 2 rings (SSSR count). The maximum Gasteiger partial charge on any atom is 0.0670 e. The number of nitrogens with two attached hydrogens (primary N) is 1. The number of aliphatic hydroxyl groups excluding tert-OH is 1. The van der Waals surface area contributed by atoms with Gasteiger partial charge in [-0.2, -0.15) is 5.26 Å². The van der Waals surface area contributed by atoms with Crippen LogP contribution in [0.25, 0.3) is 0 Å². The third-order valence-corrected chi connectivity index (χ3v) is 3.55. The van der Waals surface area contributed by atoms with E-state index < -0.39 is 0 Å².